The molecule has 0 heterocycles. The van der Waals surface area contributed by atoms with Crippen molar-refractivity contribution < 1.29 is 13.2 Å². The molecule has 0 saturated carbocycles. The number of rotatable bonds is 18. The Labute approximate surface area is 304 Å². The molecule has 0 aliphatic carbocycles. The Morgan fingerprint density at radius 1 is 0.588 bits per heavy atom. The van der Waals surface area contributed by atoms with Crippen LogP contribution in [-0.4, -0.2) is 50.3 Å². The Balaban J connectivity index is 1.38. The van der Waals surface area contributed by atoms with Crippen molar-refractivity contribution in [2.45, 2.75) is 70.6 Å². The van der Waals surface area contributed by atoms with Crippen molar-refractivity contribution >= 4 is 26.7 Å². The summed E-state index contributed by atoms with van der Waals surface area (Å²) in [6.07, 6.45) is 0.543. The fourth-order valence-electron chi connectivity index (χ4n) is 6.48. The number of carbonyl (C=O) groups is 1. The molecule has 0 radical (unpaired) electrons. The fourth-order valence-corrected chi connectivity index (χ4v) is 7.74. The van der Waals surface area contributed by atoms with Crippen LogP contribution in [-0.2, 0) is 34.3 Å². The van der Waals surface area contributed by atoms with E-state index in [1.165, 1.54) is 11.1 Å². The molecule has 7 nitrogen and oxygen atoms in total. The second-order valence-electron chi connectivity index (χ2n) is 13.1. The van der Waals surface area contributed by atoms with Gasteiger partial charge in [0, 0.05) is 19.5 Å². The smallest absolute Gasteiger partial charge is 0.241 e. The summed E-state index contributed by atoms with van der Waals surface area (Å²) in [7, 11) is -3.95. The van der Waals surface area contributed by atoms with E-state index >= 15 is 0 Å². The minimum absolute atomic E-state index is 0.0593. The standard InChI is InChI=1S/C43H52N4O3S/c1-5-46(6-2)31-34-20-18-33(19-21-34)28-41(38-24-22-35(23-25-38)32-47(7-3)8-4)44-43(48)30-42(37-15-10-9-11-16-37)45-51(49,50)40-27-26-36-14-12-13-17-39(36)29-40/h9-27,29,41-42,45H,5-8,28,30-32H2,1-4H3,(H,44,48). The van der Waals surface area contributed by atoms with Crippen LogP contribution < -0.4 is 10.0 Å². The Morgan fingerprint density at radius 2 is 1.10 bits per heavy atom. The summed E-state index contributed by atoms with van der Waals surface area (Å²) in [4.78, 5) is 18.9. The van der Waals surface area contributed by atoms with Gasteiger partial charge in [0.05, 0.1) is 17.0 Å². The third-order valence-electron chi connectivity index (χ3n) is 9.70. The van der Waals surface area contributed by atoms with Gasteiger partial charge in [0.2, 0.25) is 15.9 Å². The first-order chi connectivity index (χ1) is 24.7. The maximum absolute atomic E-state index is 14.0. The number of hydrogen-bond acceptors (Lipinski definition) is 5. The average Bonchev–Trinajstić information content (AvgIpc) is 3.16. The quantitative estimate of drug-likeness (QED) is 0.0966. The van der Waals surface area contributed by atoms with Gasteiger partial charge in [-0.2, -0.15) is 0 Å². The van der Waals surface area contributed by atoms with E-state index in [0.717, 1.165) is 66.7 Å². The van der Waals surface area contributed by atoms with E-state index in [0.29, 0.717) is 6.42 Å². The first kappa shape index (κ1) is 37.9. The van der Waals surface area contributed by atoms with Crippen LogP contribution in [0.15, 0.2) is 126 Å². The van der Waals surface area contributed by atoms with Gasteiger partial charge in [-0.1, -0.05) is 137 Å². The van der Waals surface area contributed by atoms with E-state index in [9.17, 15) is 13.2 Å². The van der Waals surface area contributed by atoms with Crippen LogP contribution in [0.1, 0.15) is 74.0 Å². The summed E-state index contributed by atoms with van der Waals surface area (Å²) < 4.78 is 30.4. The second kappa shape index (κ2) is 18.2. The number of nitrogens with zero attached hydrogens (tertiary/aromatic N) is 2. The molecule has 268 valence electrons. The summed E-state index contributed by atoms with van der Waals surface area (Å²) in [5.41, 5.74) is 5.33. The molecule has 5 rings (SSSR count). The minimum Gasteiger partial charge on any atom is -0.349 e. The van der Waals surface area contributed by atoms with Crippen molar-refractivity contribution in [3.63, 3.8) is 0 Å². The van der Waals surface area contributed by atoms with E-state index in [1.807, 2.05) is 60.7 Å². The monoisotopic (exact) mass is 704 g/mol. The maximum atomic E-state index is 14.0. The first-order valence-electron chi connectivity index (χ1n) is 18.2. The van der Waals surface area contributed by atoms with Crippen LogP contribution in [0.3, 0.4) is 0 Å². The zero-order valence-electron chi connectivity index (χ0n) is 30.4. The van der Waals surface area contributed by atoms with Crippen LogP contribution in [0.5, 0.6) is 0 Å². The highest BCUT2D eigenvalue weighted by molar-refractivity contribution is 7.89. The number of sulfonamides is 1. The van der Waals surface area contributed by atoms with E-state index in [2.05, 4.69) is 96.1 Å². The number of nitrogens with one attached hydrogen (secondary N) is 2. The van der Waals surface area contributed by atoms with E-state index in [1.54, 1.807) is 12.1 Å². The largest absolute Gasteiger partial charge is 0.349 e. The van der Waals surface area contributed by atoms with E-state index < -0.39 is 16.1 Å². The fraction of sp³-hybridized carbons (Fsp3) is 0.326. The number of benzene rings is 5. The van der Waals surface area contributed by atoms with Crippen molar-refractivity contribution in [1.29, 1.82) is 0 Å². The summed E-state index contributed by atoms with van der Waals surface area (Å²) in [5.74, 6) is -0.236. The lowest BCUT2D eigenvalue weighted by Crippen LogP contribution is -2.36. The molecule has 0 saturated heterocycles. The molecule has 1 amide bonds. The molecule has 51 heavy (non-hydrogen) atoms. The molecular formula is C43H52N4O3S. The van der Waals surface area contributed by atoms with Gasteiger partial charge < -0.3 is 5.32 Å². The highest BCUT2D eigenvalue weighted by Gasteiger charge is 2.26. The molecule has 5 aromatic rings. The molecule has 0 fully saturated rings. The number of hydrogen-bond donors (Lipinski definition) is 2. The lowest BCUT2D eigenvalue weighted by molar-refractivity contribution is -0.122. The van der Waals surface area contributed by atoms with E-state index in [-0.39, 0.29) is 23.3 Å². The third-order valence-corrected chi connectivity index (χ3v) is 11.2. The number of carbonyl (C=O) groups excluding carboxylic acids is 1. The Kier molecular flexibility index (Phi) is 13.6. The molecule has 0 aliphatic heterocycles. The van der Waals surface area contributed by atoms with Crippen molar-refractivity contribution in [2.75, 3.05) is 26.2 Å². The summed E-state index contributed by atoms with van der Waals surface area (Å²) in [6.45, 7) is 14.4. The normalized spacial score (nSPS) is 13.1. The molecule has 0 spiro atoms. The summed E-state index contributed by atoms with van der Waals surface area (Å²) in [6, 6.07) is 38.1. The molecule has 8 heteroatoms. The number of amides is 1. The van der Waals surface area contributed by atoms with Crippen LogP contribution in [0.2, 0.25) is 0 Å². The zero-order valence-corrected chi connectivity index (χ0v) is 31.2. The molecule has 0 aliphatic rings. The van der Waals surface area contributed by atoms with Gasteiger partial charge in [-0.3, -0.25) is 14.6 Å². The Hall–Kier alpha value is -4.34. The van der Waals surface area contributed by atoms with Crippen LogP contribution >= 0.6 is 0 Å². The predicted octanol–water partition coefficient (Wildman–Crippen LogP) is 8.03. The Morgan fingerprint density at radius 3 is 1.69 bits per heavy atom. The molecular weight excluding hydrogens is 653 g/mol. The topological polar surface area (TPSA) is 81.8 Å². The summed E-state index contributed by atoms with van der Waals surface area (Å²) in [5, 5.41) is 5.08. The highest BCUT2D eigenvalue weighted by Crippen LogP contribution is 2.26. The second-order valence-corrected chi connectivity index (χ2v) is 14.8. The van der Waals surface area contributed by atoms with Gasteiger partial charge in [-0.25, -0.2) is 13.1 Å². The highest BCUT2D eigenvalue weighted by atomic mass is 32.2. The van der Waals surface area contributed by atoms with Gasteiger partial charge in [0.15, 0.2) is 0 Å². The van der Waals surface area contributed by atoms with Crippen LogP contribution in [0.4, 0.5) is 0 Å². The minimum atomic E-state index is -3.95. The zero-order chi connectivity index (χ0) is 36.2. The van der Waals surface area contributed by atoms with Crippen molar-refractivity contribution in [3.8, 4) is 0 Å². The molecule has 2 atom stereocenters. The molecule has 0 aromatic heterocycles. The SMILES string of the molecule is CCN(CC)Cc1ccc(CC(NC(=O)CC(NS(=O)(=O)c2ccc3ccccc3c2)c2ccccc2)c2ccc(CN(CC)CC)cc2)cc1. The summed E-state index contributed by atoms with van der Waals surface area (Å²) >= 11 is 0. The Bertz CT molecular complexity index is 1940. The first-order valence-corrected chi connectivity index (χ1v) is 19.7. The van der Waals surface area contributed by atoms with Gasteiger partial charge in [0.25, 0.3) is 0 Å². The van der Waals surface area contributed by atoms with Gasteiger partial charge in [-0.05, 0) is 83.3 Å². The molecule has 5 aromatic carbocycles. The van der Waals surface area contributed by atoms with Crippen molar-refractivity contribution in [2.24, 2.45) is 0 Å². The lowest BCUT2D eigenvalue weighted by atomic mass is 9.96. The molecule has 0 bridgehead atoms. The lowest BCUT2D eigenvalue weighted by Gasteiger charge is -2.24. The van der Waals surface area contributed by atoms with Crippen molar-refractivity contribution in [3.05, 3.63) is 149 Å². The number of fused-ring (bicyclic) bond motifs is 1. The molecule has 2 unspecified atom stereocenters. The van der Waals surface area contributed by atoms with Crippen LogP contribution in [0, 0.1) is 0 Å². The average molecular weight is 705 g/mol. The van der Waals surface area contributed by atoms with Gasteiger partial charge in [0.1, 0.15) is 0 Å². The maximum Gasteiger partial charge on any atom is 0.241 e. The molecule has 2 N–H and O–H groups in total. The van der Waals surface area contributed by atoms with E-state index in [4.69, 9.17) is 0 Å². The third kappa shape index (κ3) is 10.6. The van der Waals surface area contributed by atoms with Gasteiger partial charge in [-0.15, -0.1) is 0 Å². The predicted molar refractivity (Wildman–Crippen MR) is 209 cm³/mol. The van der Waals surface area contributed by atoms with Crippen molar-refractivity contribution in [1.82, 2.24) is 19.8 Å². The van der Waals surface area contributed by atoms with Gasteiger partial charge >= 0.3 is 0 Å². The van der Waals surface area contributed by atoms with Crippen LogP contribution in [0.25, 0.3) is 10.8 Å².